The third-order valence-electron chi connectivity index (χ3n) is 2.19. The van der Waals surface area contributed by atoms with E-state index in [4.69, 9.17) is 9.84 Å². The number of carboxylic acid groups (broad SMARTS) is 1. The number of carbonyl (C=O) groups is 1. The Bertz CT molecular complexity index is 324. The summed E-state index contributed by atoms with van der Waals surface area (Å²) in [6.07, 6.45) is 8.09. The van der Waals surface area contributed by atoms with E-state index in [1.807, 2.05) is 25.2 Å². The van der Waals surface area contributed by atoms with Crippen molar-refractivity contribution < 1.29 is 14.6 Å². The van der Waals surface area contributed by atoms with E-state index < -0.39 is 12.1 Å². The molecule has 0 amide bonds. The van der Waals surface area contributed by atoms with E-state index in [1.165, 1.54) is 5.57 Å². The number of hydrogen-bond donors (Lipinski definition) is 1. The predicted octanol–water partition coefficient (Wildman–Crippen LogP) is 2.66. The zero-order chi connectivity index (χ0) is 11.3. The monoisotopic (exact) mass is 208 g/mol. The molecule has 1 aliphatic carbocycles. The van der Waals surface area contributed by atoms with E-state index in [2.05, 4.69) is 0 Å². The van der Waals surface area contributed by atoms with Crippen molar-refractivity contribution in [3.05, 3.63) is 35.6 Å². The minimum atomic E-state index is -0.916. The third-order valence-corrected chi connectivity index (χ3v) is 2.19. The molecular weight excluding hydrogens is 192 g/mol. The van der Waals surface area contributed by atoms with Crippen molar-refractivity contribution in [1.82, 2.24) is 0 Å². The molecule has 1 unspecified atom stereocenters. The van der Waals surface area contributed by atoms with Gasteiger partial charge in [-0.05, 0) is 31.9 Å². The lowest BCUT2D eigenvalue weighted by Gasteiger charge is -2.13. The van der Waals surface area contributed by atoms with Crippen molar-refractivity contribution in [2.24, 2.45) is 0 Å². The second-order valence-electron chi connectivity index (χ2n) is 3.54. The topological polar surface area (TPSA) is 46.5 Å². The average Bonchev–Trinajstić information content (AvgIpc) is 2.39. The maximum atomic E-state index is 10.8. The number of ether oxygens (including phenoxy) is 1. The van der Waals surface area contributed by atoms with Crippen molar-refractivity contribution in [3.63, 3.8) is 0 Å². The Morgan fingerprint density at radius 1 is 1.67 bits per heavy atom. The SMILES string of the molecule is CCC(OC1=CCC(C)=CC=C1)C(=O)O. The summed E-state index contributed by atoms with van der Waals surface area (Å²) in [7, 11) is 0. The highest BCUT2D eigenvalue weighted by atomic mass is 16.5. The van der Waals surface area contributed by atoms with Gasteiger partial charge in [0.2, 0.25) is 0 Å². The maximum Gasteiger partial charge on any atom is 0.344 e. The molecule has 1 atom stereocenters. The van der Waals surface area contributed by atoms with Crippen LogP contribution >= 0.6 is 0 Å². The molecule has 82 valence electrons. The molecule has 0 aromatic heterocycles. The predicted molar refractivity (Wildman–Crippen MR) is 58.4 cm³/mol. The molecule has 0 saturated heterocycles. The molecule has 3 nitrogen and oxygen atoms in total. The lowest BCUT2D eigenvalue weighted by atomic mass is 10.2. The van der Waals surface area contributed by atoms with Crippen LogP contribution in [-0.2, 0) is 9.53 Å². The molecule has 0 radical (unpaired) electrons. The zero-order valence-corrected chi connectivity index (χ0v) is 9.06. The lowest BCUT2D eigenvalue weighted by Crippen LogP contribution is -2.22. The molecule has 0 aromatic carbocycles. The van der Waals surface area contributed by atoms with Gasteiger partial charge in [-0.25, -0.2) is 4.79 Å². The Kier molecular flexibility index (Phi) is 4.16. The fourth-order valence-corrected chi connectivity index (χ4v) is 1.26. The molecular formula is C12H16O3. The normalized spacial score (nSPS) is 17.5. The summed E-state index contributed by atoms with van der Waals surface area (Å²) in [5, 5.41) is 8.84. The van der Waals surface area contributed by atoms with Crippen molar-refractivity contribution in [2.45, 2.75) is 32.8 Å². The lowest BCUT2D eigenvalue weighted by molar-refractivity contribution is -0.147. The minimum Gasteiger partial charge on any atom is -0.479 e. The summed E-state index contributed by atoms with van der Waals surface area (Å²) in [4.78, 5) is 10.8. The first-order valence-electron chi connectivity index (χ1n) is 5.07. The number of hydrogen-bond acceptors (Lipinski definition) is 2. The molecule has 0 saturated carbocycles. The standard InChI is InChI=1S/C12H16O3/c1-3-11(12(13)14)15-10-6-4-5-9(2)7-8-10/h4-6,8,11H,3,7H2,1-2H3,(H,13,14). The van der Waals surface area contributed by atoms with Crippen LogP contribution in [0.15, 0.2) is 35.6 Å². The number of carboxylic acids is 1. The summed E-state index contributed by atoms with van der Waals surface area (Å²) in [6.45, 7) is 3.82. The van der Waals surface area contributed by atoms with E-state index >= 15 is 0 Å². The highest BCUT2D eigenvalue weighted by Crippen LogP contribution is 2.14. The number of allylic oxidation sites excluding steroid dienone is 5. The van der Waals surface area contributed by atoms with Crippen LogP contribution in [0.25, 0.3) is 0 Å². The molecule has 15 heavy (non-hydrogen) atoms. The van der Waals surface area contributed by atoms with Gasteiger partial charge in [0.15, 0.2) is 6.10 Å². The molecule has 1 aliphatic rings. The molecule has 1 rings (SSSR count). The highest BCUT2D eigenvalue weighted by molar-refractivity contribution is 5.72. The van der Waals surface area contributed by atoms with Crippen LogP contribution in [0.2, 0.25) is 0 Å². The fraction of sp³-hybridized carbons (Fsp3) is 0.417. The van der Waals surface area contributed by atoms with Gasteiger partial charge in [0.1, 0.15) is 5.76 Å². The van der Waals surface area contributed by atoms with Gasteiger partial charge in [0.25, 0.3) is 0 Å². The summed E-state index contributed by atoms with van der Waals surface area (Å²) in [6, 6.07) is 0. The largest absolute Gasteiger partial charge is 0.479 e. The van der Waals surface area contributed by atoms with Gasteiger partial charge >= 0.3 is 5.97 Å². The van der Waals surface area contributed by atoms with Crippen LogP contribution in [0.3, 0.4) is 0 Å². The molecule has 0 aromatic rings. The van der Waals surface area contributed by atoms with Crippen molar-refractivity contribution in [3.8, 4) is 0 Å². The van der Waals surface area contributed by atoms with Crippen molar-refractivity contribution in [1.29, 1.82) is 0 Å². The second-order valence-corrected chi connectivity index (χ2v) is 3.54. The van der Waals surface area contributed by atoms with E-state index in [0.29, 0.717) is 12.2 Å². The van der Waals surface area contributed by atoms with E-state index in [0.717, 1.165) is 6.42 Å². The Hall–Kier alpha value is -1.51. The highest BCUT2D eigenvalue weighted by Gasteiger charge is 2.16. The molecule has 0 heterocycles. The third kappa shape index (κ3) is 3.62. The molecule has 0 aliphatic heterocycles. The molecule has 0 spiro atoms. The second kappa shape index (κ2) is 5.39. The average molecular weight is 208 g/mol. The molecule has 0 fully saturated rings. The van der Waals surface area contributed by atoms with Crippen LogP contribution < -0.4 is 0 Å². The Morgan fingerprint density at radius 3 is 3.00 bits per heavy atom. The van der Waals surface area contributed by atoms with Gasteiger partial charge in [-0.2, -0.15) is 0 Å². The van der Waals surface area contributed by atoms with Gasteiger partial charge in [0.05, 0.1) is 0 Å². The van der Waals surface area contributed by atoms with Gasteiger partial charge in [-0.1, -0.05) is 24.6 Å². The Balaban J connectivity index is 2.63. The summed E-state index contributed by atoms with van der Waals surface area (Å²) in [5.41, 5.74) is 1.23. The van der Waals surface area contributed by atoms with Gasteiger partial charge in [0, 0.05) is 0 Å². The zero-order valence-electron chi connectivity index (χ0n) is 9.06. The maximum absolute atomic E-state index is 10.8. The van der Waals surface area contributed by atoms with Crippen LogP contribution in [-0.4, -0.2) is 17.2 Å². The van der Waals surface area contributed by atoms with E-state index in [1.54, 1.807) is 13.0 Å². The number of rotatable bonds is 4. The Labute approximate surface area is 89.7 Å². The number of aliphatic carboxylic acids is 1. The quantitative estimate of drug-likeness (QED) is 0.772. The van der Waals surface area contributed by atoms with Crippen LogP contribution in [0, 0.1) is 0 Å². The molecule has 1 N–H and O–H groups in total. The van der Waals surface area contributed by atoms with Crippen molar-refractivity contribution in [2.75, 3.05) is 0 Å². The minimum absolute atomic E-state index is 0.465. The van der Waals surface area contributed by atoms with E-state index in [9.17, 15) is 4.79 Å². The molecule has 0 bridgehead atoms. The summed E-state index contributed by atoms with van der Waals surface area (Å²) < 4.78 is 5.37. The smallest absolute Gasteiger partial charge is 0.344 e. The van der Waals surface area contributed by atoms with Crippen LogP contribution in [0.4, 0.5) is 0 Å². The summed E-state index contributed by atoms with van der Waals surface area (Å²) >= 11 is 0. The first-order valence-corrected chi connectivity index (χ1v) is 5.07. The summed E-state index contributed by atoms with van der Waals surface area (Å²) in [5.74, 6) is -0.280. The van der Waals surface area contributed by atoms with Crippen LogP contribution in [0.1, 0.15) is 26.7 Å². The van der Waals surface area contributed by atoms with Gasteiger partial charge in [-0.15, -0.1) is 0 Å². The molecule has 3 heteroatoms. The van der Waals surface area contributed by atoms with Crippen LogP contribution in [0.5, 0.6) is 0 Å². The van der Waals surface area contributed by atoms with Crippen molar-refractivity contribution >= 4 is 5.97 Å². The van der Waals surface area contributed by atoms with Gasteiger partial charge < -0.3 is 9.84 Å². The Morgan fingerprint density at radius 2 is 2.40 bits per heavy atom. The van der Waals surface area contributed by atoms with Gasteiger partial charge in [-0.3, -0.25) is 0 Å². The van der Waals surface area contributed by atoms with E-state index in [-0.39, 0.29) is 0 Å². The fourth-order valence-electron chi connectivity index (χ4n) is 1.26. The first kappa shape index (κ1) is 11.6. The first-order chi connectivity index (χ1) is 7.13.